The molecule has 3 fully saturated rings. The van der Waals surface area contributed by atoms with Crippen molar-refractivity contribution in [3.05, 3.63) is 144 Å². The molecule has 5 nitrogen and oxygen atoms in total. The van der Waals surface area contributed by atoms with Crippen LogP contribution in [0.3, 0.4) is 0 Å². The number of rotatable bonds is 10. The minimum Gasteiger partial charge on any atom is -0.348 e. The molecular weight excluding hydrogens is 580 g/mol. The molecule has 4 aromatic rings. The van der Waals surface area contributed by atoms with Gasteiger partial charge in [0, 0.05) is 63.9 Å². The molecule has 47 heavy (non-hydrogen) atoms. The first kappa shape index (κ1) is 33.3. The molecule has 0 N–H and O–H groups in total. The van der Waals surface area contributed by atoms with Crippen LogP contribution >= 0.6 is 0 Å². The first-order chi connectivity index (χ1) is 23.1. The Morgan fingerprint density at radius 1 is 0.489 bits per heavy atom. The Morgan fingerprint density at radius 2 is 0.809 bits per heavy atom. The molecule has 2 saturated carbocycles. The summed E-state index contributed by atoms with van der Waals surface area (Å²) >= 11 is 0. The standard InChI is InChI=1S/C22H27NO2.C20H23NO/c1-3-7-19(8-4-1)17-23(18-20-9-5-2-6-10-20)21-11-13-22(14-12-21)24-15-16-25-22;22-20-13-11-19(12-14-20)21(15-17-7-3-1-4-8-17)16-18-9-5-2-6-10-18/h1-10,21H,11-18H2;1-10,19H,11-16H2. The fourth-order valence-corrected chi connectivity index (χ4v) is 7.38. The summed E-state index contributed by atoms with van der Waals surface area (Å²) in [5, 5.41) is 0. The zero-order valence-corrected chi connectivity index (χ0v) is 27.7. The fourth-order valence-electron chi connectivity index (χ4n) is 7.38. The monoisotopic (exact) mass is 630 g/mol. The van der Waals surface area contributed by atoms with E-state index in [0.717, 1.165) is 90.8 Å². The Morgan fingerprint density at radius 3 is 1.15 bits per heavy atom. The molecule has 0 unspecified atom stereocenters. The summed E-state index contributed by atoms with van der Waals surface area (Å²) in [5.41, 5.74) is 5.45. The Bertz CT molecular complexity index is 1370. The van der Waals surface area contributed by atoms with Gasteiger partial charge in [-0.25, -0.2) is 0 Å². The predicted molar refractivity (Wildman–Crippen MR) is 188 cm³/mol. The average Bonchev–Trinajstić information content (AvgIpc) is 3.58. The van der Waals surface area contributed by atoms with Crippen LogP contribution in [-0.4, -0.2) is 46.7 Å². The van der Waals surface area contributed by atoms with Crippen LogP contribution in [-0.2, 0) is 40.4 Å². The van der Waals surface area contributed by atoms with Crippen LogP contribution < -0.4 is 0 Å². The van der Waals surface area contributed by atoms with Crippen molar-refractivity contribution < 1.29 is 14.3 Å². The minimum atomic E-state index is -0.276. The Labute approximate surface area is 281 Å². The second-order valence-electron chi connectivity index (χ2n) is 13.4. The number of carbonyl (C=O) groups is 1. The van der Waals surface area contributed by atoms with E-state index in [1.165, 1.54) is 22.3 Å². The normalized spacial score (nSPS) is 18.4. The first-order valence-corrected chi connectivity index (χ1v) is 17.6. The van der Waals surface area contributed by atoms with Crippen molar-refractivity contribution in [1.82, 2.24) is 9.80 Å². The summed E-state index contributed by atoms with van der Waals surface area (Å²) in [4.78, 5) is 16.7. The van der Waals surface area contributed by atoms with Crippen LogP contribution in [0.4, 0.5) is 0 Å². The fraction of sp³-hybridized carbons (Fsp3) is 0.405. The minimum absolute atomic E-state index is 0.276. The molecule has 4 aromatic carbocycles. The van der Waals surface area contributed by atoms with Crippen LogP contribution in [0.2, 0.25) is 0 Å². The molecule has 3 aliphatic rings. The molecule has 1 aliphatic heterocycles. The van der Waals surface area contributed by atoms with Gasteiger partial charge in [0.1, 0.15) is 5.78 Å². The molecule has 0 aromatic heterocycles. The van der Waals surface area contributed by atoms with Gasteiger partial charge in [0.2, 0.25) is 0 Å². The smallest absolute Gasteiger partial charge is 0.168 e. The number of hydrogen-bond donors (Lipinski definition) is 0. The molecular formula is C42H50N2O3. The van der Waals surface area contributed by atoms with Gasteiger partial charge < -0.3 is 9.47 Å². The summed E-state index contributed by atoms with van der Waals surface area (Å²) in [7, 11) is 0. The van der Waals surface area contributed by atoms with E-state index in [-0.39, 0.29) is 5.79 Å². The predicted octanol–water partition coefficient (Wildman–Crippen LogP) is 8.58. The molecule has 7 rings (SSSR count). The molecule has 0 bridgehead atoms. The molecule has 1 heterocycles. The van der Waals surface area contributed by atoms with Gasteiger partial charge in [-0.3, -0.25) is 14.6 Å². The lowest BCUT2D eigenvalue weighted by Crippen LogP contribution is -2.43. The van der Waals surface area contributed by atoms with E-state index in [1.54, 1.807) is 0 Å². The second kappa shape index (κ2) is 17.0. The highest BCUT2D eigenvalue weighted by atomic mass is 16.7. The second-order valence-corrected chi connectivity index (χ2v) is 13.4. The Balaban J connectivity index is 0.000000166. The molecule has 0 amide bonds. The van der Waals surface area contributed by atoms with Crippen molar-refractivity contribution in [3.63, 3.8) is 0 Å². The molecule has 0 atom stereocenters. The maximum atomic E-state index is 11.5. The summed E-state index contributed by atoms with van der Waals surface area (Å²) in [5.74, 6) is 0.150. The molecule has 5 heteroatoms. The molecule has 0 radical (unpaired) electrons. The van der Waals surface area contributed by atoms with Crippen LogP contribution in [0.1, 0.15) is 73.6 Å². The highest BCUT2D eigenvalue weighted by Gasteiger charge is 2.41. The first-order valence-electron chi connectivity index (χ1n) is 17.6. The van der Waals surface area contributed by atoms with Crippen LogP contribution in [0.5, 0.6) is 0 Å². The molecule has 1 spiro atoms. The van der Waals surface area contributed by atoms with E-state index in [1.807, 2.05) is 0 Å². The van der Waals surface area contributed by atoms with Crippen molar-refractivity contribution in [1.29, 1.82) is 0 Å². The van der Waals surface area contributed by atoms with Crippen LogP contribution in [0.15, 0.2) is 121 Å². The maximum absolute atomic E-state index is 11.5. The third-order valence-corrected chi connectivity index (χ3v) is 9.99. The van der Waals surface area contributed by atoms with Gasteiger partial charge in [-0.1, -0.05) is 121 Å². The van der Waals surface area contributed by atoms with Crippen molar-refractivity contribution >= 4 is 5.78 Å². The van der Waals surface area contributed by atoms with Crippen LogP contribution in [0.25, 0.3) is 0 Å². The summed E-state index contributed by atoms with van der Waals surface area (Å²) in [6, 6.07) is 44.0. The maximum Gasteiger partial charge on any atom is 0.168 e. The van der Waals surface area contributed by atoms with Gasteiger partial charge >= 0.3 is 0 Å². The molecule has 2 aliphatic carbocycles. The van der Waals surface area contributed by atoms with Gasteiger partial charge in [0.25, 0.3) is 0 Å². The summed E-state index contributed by atoms with van der Waals surface area (Å²) < 4.78 is 11.8. The van der Waals surface area contributed by atoms with E-state index in [0.29, 0.717) is 17.9 Å². The number of nitrogens with zero attached hydrogens (tertiary/aromatic N) is 2. The quantitative estimate of drug-likeness (QED) is 0.176. The molecule has 246 valence electrons. The van der Waals surface area contributed by atoms with Gasteiger partial charge in [-0.15, -0.1) is 0 Å². The lowest BCUT2D eigenvalue weighted by atomic mass is 9.88. The van der Waals surface area contributed by atoms with Crippen molar-refractivity contribution in [2.75, 3.05) is 13.2 Å². The zero-order chi connectivity index (χ0) is 32.2. The lowest BCUT2D eigenvalue weighted by molar-refractivity contribution is -0.184. The number of ether oxygens (including phenoxy) is 2. The topological polar surface area (TPSA) is 42.0 Å². The van der Waals surface area contributed by atoms with Crippen molar-refractivity contribution in [2.45, 2.75) is 95.4 Å². The van der Waals surface area contributed by atoms with Crippen molar-refractivity contribution in [3.8, 4) is 0 Å². The molecule has 1 saturated heterocycles. The van der Waals surface area contributed by atoms with E-state index in [4.69, 9.17) is 9.47 Å². The third-order valence-electron chi connectivity index (χ3n) is 9.99. The van der Waals surface area contributed by atoms with E-state index < -0.39 is 0 Å². The number of ketones is 1. The van der Waals surface area contributed by atoms with Crippen LogP contribution in [0, 0.1) is 0 Å². The van der Waals surface area contributed by atoms with E-state index >= 15 is 0 Å². The van der Waals surface area contributed by atoms with E-state index in [2.05, 4.69) is 131 Å². The third kappa shape index (κ3) is 9.94. The summed E-state index contributed by atoms with van der Waals surface area (Å²) in [6.45, 7) is 5.40. The highest BCUT2D eigenvalue weighted by Crippen LogP contribution is 2.38. The highest BCUT2D eigenvalue weighted by molar-refractivity contribution is 5.79. The Kier molecular flexibility index (Phi) is 12.0. The number of carbonyl (C=O) groups excluding carboxylic acids is 1. The summed E-state index contributed by atoms with van der Waals surface area (Å²) in [6.07, 6.45) is 7.78. The largest absolute Gasteiger partial charge is 0.348 e. The number of hydrogen-bond acceptors (Lipinski definition) is 5. The van der Waals surface area contributed by atoms with Gasteiger partial charge in [0.15, 0.2) is 5.79 Å². The van der Waals surface area contributed by atoms with E-state index in [9.17, 15) is 4.79 Å². The number of Topliss-reactive ketones (excluding diaryl/α,β-unsaturated/α-hetero) is 1. The average molecular weight is 631 g/mol. The number of benzene rings is 4. The lowest BCUT2D eigenvalue weighted by Gasteiger charge is -2.40. The van der Waals surface area contributed by atoms with Gasteiger partial charge in [0.05, 0.1) is 13.2 Å². The zero-order valence-electron chi connectivity index (χ0n) is 27.7. The van der Waals surface area contributed by atoms with Gasteiger partial charge in [-0.2, -0.15) is 0 Å². The SMILES string of the molecule is O=C1CCC(N(Cc2ccccc2)Cc2ccccc2)CC1.c1ccc(CN(Cc2ccccc2)C2CCC3(CC2)OCCO3)cc1. The van der Waals surface area contributed by atoms with Crippen molar-refractivity contribution in [2.24, 2.45) is 0 Å². The van der Waals surface area contributed by atoms with Gasteiger partial charge in [-0.05, 0) is 47.9 Å². The Hall–Kier alpha value is -3.61.